The second-order valence-corrected chi connectivity index (χ2v) is 6.64. The van der Waals surface area contributed by atoms with Crippen molar-refractivity contribution in [2.24, 2.45) is 0 Å². The van der Waals surface area contributed by atoms with E-state index in [9.17, 15) is 4.79 Å². The van der Waals surface area contributed by atoms with Crippen LogP contribution in [0.4, 0.5) is 0 Å². The molecule has 2 heterocycles. The summed E-state index contributed by atoms with van der Waals surface area (Å²) in [7, 11) is 1.62. The molecule has 0 bridgehead atoms. The highest BCUT2D eigenvalue weighted by atomic mass is 32.2. The fourth-order valence-electron chi connectivity index (χ4n) is 2.48. The van der Waals surface area contributed by atoms with Crippen LogP contribution in [0.25, 0.3) is 0 Å². The van der Waals surface area contributed by atoms with Gasteiger partial charge in [0, 0.05) is 18.5 Å². The van der Waals surface area contributed by atoms with Crippen LogP contribution in [0.2, 0.25) is 0 Å². The van der Waals surface area contributed by atoms with E-state index in [4.69, 9.17) is 9.47 Å². The van der Waals surface area contributed by atoms with E-state index < -0.39 is 0 Å². The molecule has 1 atom stereocenters. The van der Waals surface area contributed by atoms with Crippen LogP contribution in [0.5, 0.6) is 11.6 Å². The summed E-state index contributed by atoms with van der Waals surface area (Å²) >= 11 is 1.86. The van der Waals surface area contributed by atoms with Gasteiger partial charge in [-0.05, 0) is 42.0 Å². The molecule has 1 aliphatic rings. The van der Waals surface area contributed by atoms with E-state index in [-0.39, 0.29) is 12.0 Å². The minimum Gasteiger partial charge on any atom is -0.497 e. The zero-order valence-corrected chi connectivity index (χ0v) is 14.3. The molecule has 1 N–H and O–H groups in total. The summed E-state index contributed by atoms with van der Waals surface area (Å²) < 4.78 is 11.1. The molecule has 1 unspecified atom stereocenters. The molecule has 6 heteroatoms. The summed E-state index contributed by atoms with van der Waals surface area (Å²) in [6, 6.07) is 11.1. The second-order valence-electron chi connectivity index (χ2n) is 5.49. The number of aromatic nitrogens is 1. The van der Waals surface area contributed by atoms with Gasteiger partial charge >= 0.3 is 0 Å². The van der Waals surface area contributed by atoms with Gasteiger partial charge in [0.2, 0.25) is 5.88 Å². The van der Waals surface area contributed by atoms with Crippen LogP contribution < -0.4 is 14.8 Å². The van der Waals surface area contributed by atoms with Crippen LogP contribution in [0.3, 0.4) is 0 Å². The van der Waals surface area contributed by atoms with Gasteiger partial charge in [0.15, 0.2) is 0 Å². The number of carbonyl (C=O) groups is 1. The van der Waals surface area contributed by atoms with E-state index in [2.05, 4.69) is 10.3 Å². The predicted molar refractivity (Wildman–Crippen MR) is 94.8 cm³/mol. The third-order valence-corrected chi connectivity index (χ3v) is 4.90. The van der Waals surface area contributed by atoms with Crippen LogP contribution in [0, 0.1) is 0 Å². The van der Waals surface area contributed by atoms with Crippen molar-refractivity contribution in [3.05, 3.63) is 53.7 Å². The summed E-state index contributed by atoms with van der Waals surface area (Å²) in [4.78, 5) is 16.7. The van der Waals surface area contributed by atoms with E-state index >= 15 is 0 Å². The summed E-state index contributed by atoms with van der Waals surface area (Å²) in [5.41, 5.74) is 1.44. The van der Waals surface area contributed by atoms with Gasteiger partial charge in [-0.3, -0.25) is 4.79 Å². The van der Waals surface area contributed by atoms with Crippen LogP contribution in [-0.4, -0.2) is 35.6 Å². The van der Waals surface area contributed by atoms with Crippen molar-refractivity contribution in [1.29, 1.82) is 0 Å². The molecule has 0 aliphatic carbocycles. The maximum absolute atomic E-state index is 12.5. The maximum Gasteiger partial charge on any atom is 0.257 e. The first-order valence-corrected chi connectivity index (χ1v) is 9.02. The number of amides is 1. The van der Waals surface area contributed by atoms with Crippen molar-refractivity contribution < 1.29 is 14.3 Å². The number of hydrogen-bond acceptors (Lipinski definition) is 5. The number of ether oxygens (including phenoxy) is 2. The largest absolute Gasteiger partial charge is 0.497 e. The van der Waals surface area contributed by atoms with Crippen molar-refractivity contribution in [1.82, 2.24) is 10.3 Å². The fourth-order valence-corrected chi connectivity index (χ4v) is 3.58. The van der Waals surface area contributed by atoms with Gasteiger partial charge in [0.25, 0.3) is 5.91 Å². The molecule has 24 heavy (non-hydrogen) atoms. The number of nitrogens with zero attached hydrogens (tertiary/aromatic N) is 1. The monoisotopic (exact) mass is 344 g/mol. The SMILES string of the molecule is COc1cccc(CNC(=O)c2cccnc2OC2CCSC2)c1. The fraction of sp³-hybridized carbons (Fsp3) is 0.333. The van der Waals surface area contributed by atoms with Gasteiger partial charge in [-0.15, -0.1) is 0 Å². The third kappa shape index (κ3) is 4.20. The van der Waals surface area contributed by atoms with Gasteiger partial charge in [0.05, 0.1) is 7.11 Å². The van der Waals surface area contributed by atoms with Crippen LogP contribution in [-0.2, 0) is 6.54 Å². The smallest absolute Gasteiger partial charge is 0.257 e. The van der Waals surface area contributed by atoms with Gasteiger partial charge in [-0.25, -0.2) is 4.98 Å². The van der Waals surface area contributed by atoms with E-state index in [1.807, 2.05) is 36.0 Å². The van der Waals surface area contributed by atoms with Crippen molar-refractivity contribution in [2.75, 3.05) is 18.6 Å². The highest BCUT2D eigenvalue weighted by Crippen LogP contribution is 2.24. The number of benzene rings is 1. The van der Waals surface area contributed by atoms with Gasteiger partial charge in [-0.1, -0.05) is 12.1 Å². The minimum atomic E-state index is -0.188. The first kappa shape index (κ1) is 16.6. The topological polar surface area (TPSA) is 60.5 Å². The molecule has 3 rings (SSSR count). The lowest BCUT2D eigenvalue weighted by molar-refractivity contribution is 0.0943. The Morgan fingerprint density at radius 1 is 1.38 bits per heavy atom. The van der Waals surface area contributed by atoms with Crippen LogP contribution >= 0.6 is 11.8 Å². The lowest BCUT2D eigenvalue weighted by Crippen LogP contribution is -2.25. The molecule has 1 aromatic carbocycles. The molecule has 0 spiro atoms. The van der Waals surface area contributed by atoms with Crippen LogP contribution in [0.15, 0.2) is 42.6 Å². The number of hydrogen-bond donors (Lipinski definition) is 1. The van der Waals surface area contributed by atoms with Crippen molar-refractivity contribution in [3.63, 3.8) is 0 Å². The molecule has 126 valence electrons. The Kier molecular flexibility index (Phi) is 5.59. The highest BCUT2D eigenvalue weighted by Gasteiger charge is 2.21. The first-order chi connectivity index (χ1) is 11.8. The summed E-state index contributed by atoms with van der Waals surface area (Å²) in [5.74, 6) is 3.03. The molecule has 0 radical (unpaired) electrons. The lowest BCUT2D eigenvalue weighted by atomic mass is 10.2. The van der Waals surface area contributed by atoms with E-state index in [1.54, 1.807) is 25.4 Å². The maximum atomic E-state index is 12.5. The summed E-state index contributed by atoms with van der Waals surface area (Å²) in [6.07, 6.45) is 2.78. The minimum absolute atomic E-state index is 0.134. The zero-order valence-electron chi connectivity index (χ0n) is 13.5. The van der Waals surface area contributed by atoms with Crippen molar-refractivity contribution in [3.8, 4) is 11.6 Å². The molecule has 1 saturated heterocycles. The van der Waals surface area contributed by atoms with Gasteiger partial charge in [0.1, 0.15) is 17.4 Å². The Morgan fingerprint density at radius 3 is 3.08 bits per heavy atom. The Balaban J connectivity index is 1.65. The highest BCUT2D eigenvalue weighted by molar-refractivity contribution is 7.99. The number of thioether (sulfide) groups is 1. The molecule has 1 aromatic heterocycles. The number of nitrogens with one attached hydrogen (secondary N) is 1. The predicted octanol–water partition coefficient (Wildman–Crippen LogP) is 2.90. The normalized spacial score (nSPS) is 16.6. The Morgan fingerprint density at radius 2 is 2.29 bits per heavy atom. The van der Waals surface area contributed by atoms with Crippen LogP contribution in [0.1, 0.15) is 22.3 Å². The molecule has 1 fully saturated rings. The second kappa shape index (κ2) is 8.06. The lowest BCUT2D eigenvalue weighted by Gasteiger charge is -2.14. The molecule has 5 nitrogen and oxygen atoms in total. The van der Waals surface area contributed by atoms with E-state index in [1.165, 1.54) is 0 Å². The third-order valence-electron chi connectivity index (χ3n) is 3.77. The van der Waals surface area contributed by atoms with Gasteiger partial charge in [-0.2, -0.15) is 11.8 Å². The molecular formula is C18H20N2O3S. The summed E-state index contributed by atoms with van der Waals surface area (Å²) in [6.45, 7) is 0.420. The zero-order chi connectivity index (χ0) is 16.8. The first-order valence-electron chi connectivity index (χ1n) is 7.87. The standard InChI is InChI=1S/C18H20N2O3S/c1-22-14-5-2-4-13(10-14)11-20-17(21)16-6-3-8-19-18(16)23-15-7-9-24-12-15/h2-6,8,10,15H,7,9,11-12H2,1H3,(H,20,21). The number of methoxy groups -OCH3 is 1. The Labute approximate surface area is 145 Å². The Hall–Kier alpha value is -2.21. The average molecular weight is 344 g/mol. The number of rotatable bonds is 6. The Bertz CT molecular complexity index is 702. The molecule has 1 aliphatic heterocycles. The quantitative estimate of drug-likeness (QED) is 0.873. The van der Waals surface area contributed by atoms with Crippen molar-refractivity contribution >= 4 is 17.7 Å². The van der Waals surface area contributed by atoms with Gasteiger partial charge < -0.3 is 14.8 Å². The average Bonchev–Trinajstić information content (AvgIpc) is 3.13. The molecule has 2 aromatic rings. The number of pyridine rings is 1. The van der Waals surface area contributed by atoms with E-state index in [0.29, 0.717) is 18.0 Å². The van der Waals surface area contributed by atoms with Crippen molar-refractivity contribution in [2.45, 2.75) is 19.1 Å². The van der Waals surface area contributed by atoms with E-state index in [0.717, 1.165) is 29.2 Å². The summed E-state index contributed by atoms with van der Waals surface area (Å²) in [5, 5.41) is 2.91. The molecule has 1 amide bonds. The molecule has 0 saturated carbocycles. The number of carbonyl (C=O) groups excluding carboxylic acids is 1. The molecular weight excluding hydrogens is 324 g/mol.